The van der Waals surface area contributed by atoms with Crippen molar-refractivity contribution in [3.05, 3.63) is 12.1 Å². The standard InChI is InChI=1S/C12H19N5O3/c1-7(2)20-12-8(13)3-4-11(16-12)17(5-9(14)18)6-10(15)19/h3-4,7H,5-6,13H2,1-2H3,(H2,14,18)(H2,15,19). The number of ether oxygens (including phenoxy) is 1. The highest BCUT2D eigenvalue weighted by molar-refractivity contribution is 5.84. The van der Waals surface area contributed by atoms with Crippen molar-refractivity contribution in [1.29, 1.82) is 0 Å². The summed E-state index contributed by atoms with van der Waals surface area (Å²) >= 11 is 0. The smallest absolute Gasteiger partial charge is 0.239 e. The molecule has 1 aromatic heterocycles. The topological polar surface area (TPSA) is 138 Å². The SMILES string of the molecule is CC(C)Oc1nc(N(CC(N)=O)CC(N)=O)ccc1N. The Bertz CT molecular complexity index is 488. The van der Waals surface area contributed by atoms with Gasteiger partial charge in [-0.15, -0.1) is 0 Å². The van der Waals surface area contributed by atoms with Gasteiger partial charge in [0.25, 0.3) is 0 Å². The summed E-state index contributed by atoms with van der Waals surface area (Å²) in [6.45, 7) is 3.30. The van der Waals surface area contributed by atoms with Gasteiger partial charge in [0.2, 0.25) is 17.7 Å². The number of rotatable bonds is 7. The van der Waals surface area contributed by atoms with E-state index >= 15 is 0 Å². The predicted octanol–water partition coefficient (Wildman–Crippen LogP) is -0.772. The first-order valence-electron chi connectivity index (χ1n) is 6.04. The third kappa shape index (κ3) is 4.63. The second-order valence-electron chi connectivity index (χ2n) is 4.52. The fourth-order valence-electron chi connectivity index (χ4n) is 1.53. The minimum absolute atomic E-state index is 0.110. The maximum atomic E-state index is 11.0. The highest BCUT2D eigenvalue weighted by atomic mass is 16.5. The van der Waals surface area contributed by atoms with E-state index in [1.165, 1.54) is 4.90 Å². The van der Waals surface area contributed by atoms with E-state index in [0.29, 0.717) is 11.5 Å². The number of aromatic nitrogens is 1. The fourth-order valence-corrected chi connectivity index (χ4v) is 1.53. The molecule has 0 fully saturated rings. The largest absolute Gasteiger partial charge is 0.473 e. The van der Waals surface area contributed by atoms with Crippen LogP contribution in [0.3, 0.4) is 0 Å². The zero-order valence-corrected chi connectivity index (χ0v) is 11.5. The molecule has 0 aliphatic heterocycles. The summed E-state index contributed by atoms with van der Waals surface area (Å²) in [7, 11) is 0. The minimum atomic E-state index is -0.601. The van der Waals surface area contributed by atoms with Gasteiger partial charge in [0.1, 0.15) is 5.82 Å². The van der Waals surface area contributed by atoms with Gasteiger partial charge in [0.15, 0.2) is 0 Å². The third-order valence-electron chi connectivity index (χ3n) is 2.24. The average molecular weight is 281 g/mol. The van der Waals surface area contributed by atoms with E-state index in [2.05, 4.69) is 4.98 Å². The molecule has 8 heteroatoms. The van der Waals surface area contributed by atoms with Gasteiger partial charge in [-0.1, -0.05) is 0 Å². The molecule has 110 valence electrons. The maximum Gasteiger partial charge on any atom is 0.239 e. The van der Waals surface area contributed by atoms with Crippen LogP contribution in [0.1, 0.15) is 13.8 Å². The molecular weight excluding hydrogens is 262 g/mol. The molecule has 0 aliphatic rings. The number of carbonyl (C=O) groups excluding carboxylic acids is 2. The lowest BCUT2D eigenvalue weighted by atomic mass is 10.3. The molecular formula is C12H19N5O3. The summed E-state index contributed by atoms with van der Waals surface area (Å²) < 4.78 is 5.45. The van der Waals surface area contributed by atoms with Gasteiger partial charge >= 0.3 is 0 Å². The van der Waals surface area contributed by atoms with Gasteiger partial charge in [-0.25, -0.2) is 0 Å². The van der Waals surface area contributed by atoms with Crippen LogP contribution in [0.5, 0.6) is 5.88 Å². The van der Waals surface area contributed by atoms with E-state index in [1.54, 1.807) is 12.1 Å². The second kappa shape index (κ2) is 6.60. The Balaban J connectivity index is 3.06. The third-order valence-corrected chi connectivity index (χ3v) is 2.24. The van der Waals surface area contributed by atoms with Crippen LogP contribution in [-0.2, 0) is 9.59 Å². The molecule has 8 nitrogen and oxygen atoms in total. The molecule has 20 heavy (non-hydrogen) atoms. The molecule has 1 aromatic rings. The number of nitrogens with two attached hydrogens (primary N) is 3. The lowest BCUT2D eigenvalue weighted by Gasteiger charge is -2.21. The highest BCUT2D eigenvalue weighted by Gasteiger charge is 2.16. The predicted molar refractivity (Wildman–Crippen MR) is 75.0 cm³/mol. The van der Waals surface area contributed by atoms with Crippen LogP contribution in [0.15, 0.2) is 12.1 Å². The van der Waals surface area contributed by atoms with Gasteiger partial charge in [-0.3, -0.25) is 9.59 Å². The van der Waals surface area contributed by atoms with Gasteiger partial charge in [0.05, 0.1) is 24.9 Å². The molecule has 0 saturated heterocycles. The summed E-state index contributed by atoms with van der Waals surface area (Å²) in [5.41, 5.74) is 16.4. The van der Waals surface area contributed by atoms with E-state index in [1.807, 2.05) is 13.8 Å². The Kier molecular flexibility index (Phi) is 5.13. The fraction of sp³-hybridized carbons (Fsp3) is 0.417. The average Bonchev–Trinajstić information content (AvgIpc) is 2.29. The van der Waals surface area contributed by atoms with Crippen molar-refractivity contribution in [3.8, 4) is 5.88 Å². The van der Waals surface area contributed by atoms with Crippen molar-refractivity contribution in [2.24, 2.45) is 11.5 Å². The molecule has 0 aliphatic carbocycles. The number of pyridine rings is 1. The Hall–Kier alpha value is -2.51. The Morgan fingerprint density at radius 1 is 1.25 bits per heavy atom. The molecule has 6 N–H and O–H groups in total. The second-order valence-corrected chi connectivity index (χ2v) is 4.52. The van der Waals surface area contributed by atoms with E-state index in [9.17, 15) is 9.59 Å². The number of amides is 2. The molecule has 1 rings (SSSR count). The number of primary amides is 2. The van der Waals surface area contributed by atoms with Crippen LogP contribution in [0, 0.1) is 0 Å². The van der Waals surface area contributed by atoms with Gasteiger partial charge in [0, 0.05) is 0 Å². The van der Waals surface area contributed by atoms with Gasteiger partial charge < -0.3 is 26.8 Å². The van der Waals surface area contributed by atoms with Crippen LogP contribution in [0.2, 0.25) is 0 Å². The minimum Gasteiger partial charge on any atom is -0.473 e. The number of hydrogen-bond acceptors (Lipinski definition) is 6. The molecule has 1 heterocycles. The number of anilines is 2. The lowest BCUT2D eigenvalue weighted by Crippen LogP contribution is -2.40. The lowest BCUT2D eigenvalue weighted by molar-refractivity contribution is -0.117. The first-order valence-corrected chi connectivity index (χ1v) is 6.04. The molecule has 0 radical (unpaired) electrons. The first kappa shape index (κ1) is 15.5. The Morgan fingerprint density at radius 2 is 1.80 bits per heavy atom. The highest BCUT2D eigenvalue weighted by Crippen LogP contribution is 2.23. The zero-order chi connectivity index (χ0) is 15.3. The van der Waals surface area contributed by atoms with Crippen molar-refractivity contribution < 1.29 is 14.3 Å². The van der Waals surface area contributed by atoms with Crippen molar-refractivity contribution in [3.63, 3.8) is 0 Å². The van der Waals surface area contributed by atoms with Gasteiger partial charge in [-0.2, -0.15) is 4.98 Å². The van der Waals surface area contributed by atoms with Crippen LogP contribution in [-0.4, -0.2) is 36.0 Å². The molecule has 0 bridgehead atoms. The number of carbonyl (C=O) groups is 2. The summed E-state index contributed by atoms with van der Waals surface area (Å²) in [6.07, 6.45) is -0.110. The summed E-state index contributed by atoms with van der Waals surface area (Å²) in [4.78, 5) is 27.6. The quantitative estimate of drug-likeness (QED) is 0.600. The molecule has 0 spiro atoms. The number of nitrogen functional groups attached to an aromatic ring is 1. The van der Waals surface area contributed by atoms with Crippen molar-refractivity contribution in [2.45, 2.75) is 20.0 Å². The summed E-state index contributed by atoms with van der Waals surface area (Å²) in [6, 6.07) is 3.14. The molecule has 0 saturated carbocycles. The summed E-state index contributed by atoms with van der Waals surface area (Å²) in [5, 5.41) is 0. The van der Waals surface area contributed by atoms with Crippen LogP contribution >= 0.6 is 0 Å². The molecule has 0 unspecified atom stereocenters. The van der Waals surface area contributed by atoms with E-state index < -0.39 is 11.8 Å². The molecule has 2 amide bonds. The number of hydrogen-bond donors (Lipinski definition) is 3. The Morgan fingerprint density at radius 3 is 2.25 bits per heavy atom. The molecule has 0 aromatic carbocycles. The monoisotopic (exact) mass is 281 g/mol. The normalized spacial score (nSPS) is 10.3. The van der Waals surface area contributed by atoms with Crippen molar-refractivity contribution >= 4 is 23.3 Å². The van der Waals surface area contributed by atoms with Crippen LogP contribution < -0.4 is 26.8 Å². The summed E-state index contributed by atoms with van der Waals surface area (Å²) in [5.74, 6) is -0.628. The van der Waals surface area contributed by atoms with Gasteiger partial charge in [-0.05, 0) is 26.0 Å². The number of nitrogens with zero attached hydrogens (tertiary/aromatic N) is 2. The van der Waals surface area contributed by atoms with E-state index in [0.717, 1.165) is 0 Å². The van der Waals surface area contributed by atoms with Crippen molar-refractivity contribution in [1.82, 2.24) is 4.98 Å². The van der Waals surface area contributed by atoms with E-state index in [-0.39, 0.29) is 25.1 Å². The van der Waals surface area contributed by atoms with Crippen LogP contribution in [0.25, 0.3) is 0 Å². The van der Waals surface area contributed by atoms with Crippen molar-refractivity contribution in [2.75, 3.05) is 23.7 Å². The molecule has 0 atom stereocenters. The maximum absolute atomic E-state index is 11.0. The first-order chi connectivity index (χ1) is 9.29. The zero-order valence-electron chi connectivity index (χ0n) is 11.5. The van der Waals surface area contributed by atoms with Crippen LogP contribution in [0.4, 0.5) is 11.5 Å². The van der Waals surface area contributed by atoms with E-state index in [4.69, 9.17) is 21.9 Å². The Labute approximate surface area is 116 Å².